The summed E-state index contributed by atoms with van der Waals surface area (Å²) in [7, 11) is 8.50. The summed E-state index contributed by atoms with van der Waals surface area (Å²) in [4.78, 5) is 82.1. The molecule has 2 aromatic rings. The number of benzene rings is 1. The number of amides is 5. The molecular weight excluding hydrogens is 767 g/mol. The monoisotopic (exact) mass is 840 g/mol. The van der Waals surface area contributed by atoms with E-state index in [1.165, 1.54) is 7.11 Å². The normalized spacial score (nSPS) is 18.3. The van der Waals surface area contributed by atoms with Crippen LogP contribution in [0.15, 0.2) is 36.7 Å². The van der Waals surface area contributed by atoms with Crippen LogP contribution in [-0.4, -0.2) is 139 Å². The maximum Gasteiger partial charge on any atom is 0.245 e. The molecule has 6 N–H and O–H groups in total. The Labute approximate surface area is 357 Å². The first-order chi connectivity index (χ1) is 28.4. The zero-order chi connectivity index (χ0) is 44.8. The van der Waals surface area contributed by atoms with E-state index in [4.69, 9.17) is 15.2 Å². The van der Waals surface area contributed by atoms with E-state index in [1.807, 2.05) is 72.7 Å². The van der Waals surface area contributed by atoms with E-state index in [9.17, 15) is 24.0 Å². The number of nitrogens with two attached hydrogens (primary N) is 1. The number of likely N-dealkylation sites (tertiary alicyclic amines) is 1. The molecule has 3 rings (SSSR count). The van der Waals surface area contributed by atoms with Gasteiger partial charge >= 0.3 is 0 Å². The lowest BCUT2D eigenvalue weighted by atomic mass is 9.89. The quantitative estimate of drug-likeness (QED) is 0.104. The number of imidazole rings is 1. The molecule has 1 fully saturated rings. The summed E-state index contributed by atoms with van der Waals surface area (Å²) in [6, 6.07) is 4.13. The number of anilines is 1. The highest BCUT2D eigenvalue weighted by atomic mass is 16.5. The van der Waals surface area contributed by atoms with Crippen LogP contribution in [0.25, 0.3) is 0 Å². The third-order valence-electron chi connectivity index (χ3n) is 12.0. The van der Waals surface area contributed by atoms with E-state index in [2.05, 4.69) is 25.9 Å². The van der Waals surface area contributed by atoms with Crippen molar-refractivity contribution in [1.82, 2.24) is 40.6 Å². The highest BCUT2D eigenvalue weighted by Gasteiger charge is 2.43. The zero-order valence-corrected chi connectivity index (χ0v) is 38.0. The Bertz CT molecular complexity index is 1660. The molecule has 1 aromatic carbocycles. The summed E-state index contributed by atoms with van der Waals surface area (Å²) in [5, 5.41) is 8.87. The number of carbonyl (C=O) groups excluding carboxylic acids is 5. The standard InChI is InChI=1S/C44H73N9O7/c1-13-28(6)39(52(10)44(58)37(26(2)3)50-43(57)38(27(4)5)51(8)9)34(59-11)24-36(54)53-22-14-15-33(53)40(60-12)29(7)41(55)49-32(23-35-46-20-21-47-35)42(56)48-25-30-16-18-31(45)19-17-30/h16-21,26-29,32-34,37-40H,13-15,22-25,45H2,1-12H3,(H,46,47)(H,48,56)(H,49,55)(H,50,57)/t28-,29+,32-,33-,34+,37-,38-,39-,40+/m0/s1. The minimum Gasteiger partial charge on any atom is -0.399 e. The summed E-state index contributed by atoms with van der Waals surface area (Å²) in [6.45, 7) is 14.3. The van der Waals surface area contributed by atoms with Gasteiger partial charge in [-0.2, -0.15) is 0 Å². The predicted molar refractivity (Wildman–Crippen MR) is 232 cm³/mol. The van der Waals surface area contributed by atoms with E-state index in [0.717, 1.165) is 12.0 Å². The highest BCUT2D eigenvalue weighted by molar-refractivity contribution is 5.90. The van der Waals surface area contributed by atoms with Crippen molar-refractivity contribution >= 4 is 35.2 Å². The van der Waals surface area contributed by atoms with Crippen LogP contribution >= 0.6 is 0 Å². The number of methoxy groups -OCH3 is 2. The van der Waals surface area contributed by atoms with Crippen molar-refractivity contribution in [2.75, 3.05) is 47.6 Å². The van der Waals surface area contributed by atoms with Gasteiger partial charge < -0.3 is 45.9 Å². The van der Waals surface area contributed by atoms with E-state index in [0.29, 0.717) is 30.9 Å². The Morgan fingerprint density at radius 2 is 1.60 bits per heavy atom. The third-order valence-corrected chi connectivity index (χ3v) is 12.0. The minimum absolute atomic E-state index is 0.00913. The number of aromatic nitrogens is 2. The van der Waals surface area contributed by atoms with Crippen molar-refractivity contribution in [3.8, 4) is 0 Å². The van der Waals surface area contributed by atoms with E-state index < -0.39 is 54.2 Å². The summed E-state index contributed by atoms with van der Waals surface area (Å²) in [6.07, 6.45) is 4.07. The van der Waals surface area contributed by atoms with Gasteiger partial charge in [0.2, 0.25) is 29.5 Å². The summed E-state index contributed by atoms with van der Waals surface area (Å²) in [5.41, 5.74) is 7.28. The van der Waals surface area contributed by atoms with Crippen LogP contribution in [0, 0.1) is 23.7 Å². The van der Waals surface area contributed by atoms with Crippen LogP contribution in [0.1, 0.15) is 85.5 Å². The zero-order valence-electron chi connectivity index (χ0n) is 38.0. The number of rotatable bonds is 23. The smallest absolute Gasteiger partial charge is 0.245 e. The second-order valence-electron chi connectivity index (χ2n) is 17.2. The van der Waals surface area contributed by atoms with Crippen LogP contribution in [0.3, 0.4) is 0 Å². The average Bonchev–Trinajstić information content (AvgIpc) is 3.91. The number of ether oxygens (including phenoxy) is 2. The number of hydrogen-bond donors (Lipinski definition) is 5. The van der Waals surface area contributed by atoms with Crippen molar-refractivity contribution in [2.45, 2.75) is 130 Å². The van der Waals surface area contributed by atoms with E-state index >= 15 is 0 Å². The first-order valence-electron chi connectivity index (χ1n) is 21.4. The lowest BCUT2D eigenvalue weighted by Crippen LogP contribution is -2.59. The van der Waals surface area contributed by atoms with Gasteiger partial charge in [-0.05, 0) is 62.4 Å². The first kappa shape index (κ1) is 49.8. The second kappa shape index (κ2) is 23.5. The first-order valence-corrected chi connectivity index (χ1v) is 21.4. The van der Waals surface area contributed by atoms with Gasteiger partial charge in [-0.15, -0.1) is 0 Å². The Balaban J connectivity index is 1.78. The molecule has 1 aromatic heterocycles. The number of nitrogens with one attached hydrogen (secondary N) is 4. The molecule has 16 heteroatoms. The number of aromatic amines is 1. The van der Waals surface area contributed by atoms with Crippen molar-refractivity contribution in [2.24, 2.45) is 23.7 Å². The SMILES string of the molecule is CC[C@H](C)[C@@H]([C@@H](CC(=O)N1CCC[C@H]1[C@H](OC)[C@@H](C)C(=O)N[C@@H](Cc1ncc[nH]1)C(=O)NCc1ccc(N)cc1)OC)N(C)C(=O)[C@@H](NC(=O)[C@H](C(C)C)N(C)C)C(C)C. The molecule has 16 nitrogen and oxygen atoms in total. The van der Waals surface area contributed by atoms with Gasteiger partial charge in [0.15, 0.2) is 0 Å². The van der Waals surface area contributed by atoms with Crippen LogP contribution in [0.5, 0.6) is 0 Å². The number of nitrogen functional groups attached to an aromatic ring is 1. The lowest BCUT2D eigenvalue weighted by molar-refractivity contribution is -0.148. The third kappa shape index (κ3) is 13.2. The topological polar surface area (TPSA) is 204 Å². The van der Waals surface area contributed by atoms with Crippen LogP contribution in [0.4, 0.5) is 5.69 Å². The number of likely N-dealkylation sites (N-methyl/N-ethyl adjacent to an activating group) is 2. The Morgan fingerprint density at radius 3 is 2.13 bits per heavy atom. The summed E-state index contributed by atoms with van der Waals surface area (Å²) < 4.78 is 12.0. The van der Waals surface area contributed by atoms with Gasteiger partial charge in [0, 0.05) is 58.9 Å². The summed E-state index contributed by atoms with van der Waals surface area (Å²) >= 11 is 0. The van der Waals surface area contributed by atoms with Crippen molar-refractivity contribution < 1.29 is 33.4 Å². The molecule has 0 spiro atoms. The van der Waals surface area contributed by atoms with Gasteiger partial charge in [-0.3, -0.25) is 28.9 Å². The molecule has 0 aliphatic carbocycles. The van der Waals surface area contributed by atoms with Crippen LogP contribution < -0.4 is 21.7 Å². The fraction of sp³-hybridized carbons (Fsp3) is 0.682. The molecule has 1 aliphatic rings. The molecule has 5 amide bonds. The van der Waals surface area contributed by atoms with Gasteiger partial charge in [-0.1, -0.05) is 67.0 Å². The number of carbonyl (C=O) groups is 5. The van der Waals surface area contributed by atoms with Crippen molar-refractivity contribution in [3.05, 3.63) is 48.0 Å². The number of H-pyrrole nitrogens is 1. The Hall–Kier alpha value is -4.54. The molecule has 2 heterocycles. The van der Waals surface area contributed by atoms with Gasteiger partial charge in [0.25, 0.3) is 0 Å². The second-order valence-corrected chi connectivity index (χ2v) is 17.2. The molecular formula is C44H73N9O7. The highest BCUT2D eigenvalue weighted by Crippen LogP contribution is 2.30. The molecule has 0 radical (unpaired) electrons. The molecule has 0 unspecified atom stereocenters. The molecule has 0 bridgehead atoms. The number of nitrogens with zero attached hydrogens (tertiary/aromatic N) is 4. The Kier molecular flexibility index (Phi) is 19.5. The minimum atomic E-state index is -0.938. The maximum absolute atomic E-state index is 14.3. The predicted octanol–water partition coefficient (Wildman–Crippen LogP) is 2.98. The van der Waals surface area contributed by atoms with E-state index in [-0.39, 0.29) is 60.8 Å². The molecule has 60 heavy (non-hydrogen) atoms. The average molecular weight is 840 g/mol. The van der Waals surface area contributed by atoms with Crippen LogP contribution in [-0.2, 0) is 46.4 Å². The van der Waals surface area contributed by atoms with Crippen molar-refractivity contribution in [3.63, 3.8) is 0 Å². The largest absolute Gasteiger partial charge is 0.399 e. The maximum atomic E-state index is 14.3. The molecule has 0 saturated carbocycles. The van der Waals surface area contributed by atoms with Gasteiger partial charge in [0.1, 0.15) is 17.9 Å². The molecule has 9 atom stereocenters. The number of hydrogen-bond acceptors (Lipinski definition) is 10. The molecule has 336 valence electrons. The van der Waals surface area contributed by atoms with Gasteiger partial charge in [-0.25, -0.2) is 4.98 Å². The summed E-state index contributed by atoms with van der Waals surface area (Å²) in [5.74, 6) is -1.83. The molecule has 1 saturated heterocycles. The fourth-order valence-electron chi connectivity index (χ4n) is 8.47. The van der Waals surface area contributed by atoms with E-state index in [1.54, 1.807) is 55.4 Å². The molecule has 1 aliphatic heterocycles. The van der Waals surface area contributed by atoms with Crippen molar-refractivity contribution in [1.29, 1.82) is 0 Å². The van der Waals surface area contributed by atoms with Gasteiger partial charge in [0.05, 0.1) is 42.7 Å². The fourth-order valence-corrected chi connectivity index (χ4v) is 8.47. The van der Waals surface area contributed by atoms with Crippen LogP contribution in [0.2, 0.25) is 0 Å². The Morgan fingerprint density at radius 1 is 0.933 bits per heavy atom. The lowest BCUT2D eigenvalue weighted by Gasteiger charge is -2.41.